The summed E-state index contributed by atoms with van der Waals surface area (Å²) in [7, 11) is 1.65. The zero-order valence-corrected chi connectivity index (χ0v) is 10.7. The Morgan fingerprint density at radius 3 is 2.81 bits per heavy atom. The first kappa shape index (κ1) is 13.2. The maximum atomic E-state index is 5.70. The number of ether oxygens (including phenoxy) is 2. The molecule has 1 aromatic rings. The molecule has 0 bridgehead atoms. The Morgan fingerprint density at radius 1 is 1.38 bits per heavy atom. The van der Waals surface area contributed by atoms with Gasteiger partial charge < -0.3 is 15.2 Å². The van der Waals surface area contributed by atoms with Gasteiger partial charge in [0, 0.05) is 18.2 Å². The lowest BCUT2D eigenvalue weighted by Crippen LogP contribution is -2.04. The lowest BCUT2D eigenvalue weighted by atomic mass is 10.2. The highest BCUT2D eigenvalue weighted by molar-refractivity contribution is 7.98. The Bertz CT molecular complexity index is 318. The van der Waals surface area contributed by atoms with Crippen LogP contribution in [0.2, 0.25) is 0 Å². The minimum atomic E-state index is 0.488. The Balaban J connectivity index is 2.60. The van der Waals surface area contributed by atoms with E-state index >= 15 is 0 Å². The van der Waals surface area contributed by atoms with E-state index in [0.29, 0.717) is 6.54 Å². The third-order valence-corrected chi connectivity index (χ3v) is 2.94. The van der Waals surface area contributed by atoms with E-state index in [1.807, 2.05) is 30.0 Å². The molecule has 0 aromatic heterocycles. The minimum absolute atomic E-state index is 0.488. The molecular weight excluding hydrogens is 222 g/mol. The predicted molar refractivity (Wildman–Crippen MR) is 69.4 cm³/mol. The van der Waals surface area contributed by atoms with Crippen LogP contribution in [0.5, 0.6) is 11.5 Å². The van der Waals surface area contributed by atoms with Gasteiger partial charge in [-0.15, -0.1) is 0 Å². The van der Waals surface area contributed by atoms with E-state index in [4.69, 9.17) is 15.2 Å². The quantitative estimate of drug-likeness (QED) is 0.744. The van der Waals surface area contributed by atoms with E-state index in [9.17, 15) is 0 Å². The van der Waals surface area contributed by atoms with Gasteiger partial charge in [0.2, 0.25) is 0 Å². The van der Waals surface area contributed by atoms with Crippen molar-refractivity contribution in [2.45, 2.75) is 13.0 Å². The summed E-state index contributed by atoms with van der Waals surface area (Å²) in [5.41, 5.74) is 6.67. The molecule has 0 atom stereocenters. The molecule has 0 unspecified atom stereocenters. The fourth-order valence-electron chi connectivity index (χ4n) is 1.35. The van der Waals surface area contributed by atoms with Gasteiger partial charge in [0.05, 0.1) is 13.7 Å². The van der Waals surface area contributed by atoms with Crippen molar-refractivity contribution >= 4 is 11.8 Å². The SMILES string of the molecule is COc1ccc(CN)c(OCCCSC)c1. The highest BCUT2D eigenvalue weighted by Gasteiger charge is 2.04. The molecule has 16 heavy (non-hydrogen) atoms. The zero-order valence-electron chi connectivity index (χ0n) is 9.86. The summed E-state index contributed by atoms with van der Waals surface area (Å²) in [6.45, 7) is 1.21. The molecule has 0 saturated carbocycles. The molecule has 0 heterocycles. The first-order valence-corrected chi connectivity index (χ1v) is 6.70. The van der Waals surface area contributed by atoms with Crippen molar-refractivity contribution in [1.82, 2.24) is 0 Å². The van der Waals surface area contributed by atoms with Crippen molar-refractivity contribution in [3.63, 3.8) is 0 Å². The fraction of sp³-hybridized carbons (Fsp3) is 0.500. The molecule has 0 saturated heterocycles. The number of hydrogen-bond acceptors (Lipinski definition) is 4. The Hall–Kier alpha value is -0.870. The average molecular weight is 241 g/mol. The summed E-state index contributed by atoms with van der Waals surface area (Å²) in [6.07, 6.45) is 3.14. The van der Waals surface area contributed by atoms with Gasteiger partial charge in [-0.25, -0.2) is 0 Å². The van der Waals surface area contributed by atoms with Crippen LogP contribution >= 0.6 is 11.8 Å². The minimum Gasteiger partial charge on any atom is -0.497 e. The van der Waals surface area contributed by atoms with Gasteiger partial charge in [-0.3, -0.25) is 0 Å². The molecular formula is C12H19NO2S. The zero-order chi connectivity index (χ0) is 11.8. The van der Waals surface area contributed by atoms with Gasteiger partial charge in [0.25, 0.3) is 0 Å². The van der Waals surface area contributed by atoms with Crippen LogP contribution < -0.4 is 15.2 Å². The van der Waals surface area contributed by atoms with Crippen molar-refractivity contribution in [1.29, 1.82) is 0 Å². The molecule has 4 heteroatoms. The molecule has 1 rings (SSSR count). The second-order valence-corrected chi connectivity index (χ2v) is 4.36. The van der Waals surface area contributed by atoms with Crippen molar-refractivity contribution in [3.8, 4) is 11.5 Å². The summed E-state index contributed by atoms with van der Waals surface area (Å²) < 4.78 is 10.9. The molecule has 2 N–H and O–H groups in total. The Labute approximate surface area is 101 Å². The smallest absolute Gasteiger partial charge is 0.127 e. The average Bonchev–Trinajstić information content (AvgIpc) is 2.34. The van der Waals surface area contributed by atoms with E-state index in [0.717, 1.165) is 35.8 Å². The Morgan fingerprint density at radius 2 is 2.19 bits per heavy atom. The summed E-state index contributed by atoms with van der Waals surface area (Å²) in [5.74, 6) is 2.75. The van der Waals surface area contributed by atoms with Crippen LogP contribution in [-0.4, -0.2) is 25.7 Å². The molecule has 0 spiro atoms. The summed E-state index contributed by atoms with van der Waals surface area (Å²) in [5, 5.41) is 0. The largest absolute Gasteiger partial charge is 0.497 e. The second-order valence-electron chi connectivity index (χ2n) is 3.37. The van der Waals surface area contributed by atoms with Crippen molar-refractivity contribution < 1.29 is 9.47 Å². The van der Waals surface area contributed by atoms with Crippen LogP contribution in [0.1, 0.15) is 12.0 Å². The van der Waals surface area contributed by atoms with E-state index < -0.39 is 0 Å². The van der Waals surface area contributed by atoms with Crippen molar-refractivity contribution in [2.24, 2.45) is 5.73 Å². The van der Waals surface area contributed by atoms with E-state index in [1.54, 1.807) is 7.11 Å². The van der Waals surface area contributed by atoms with Gasteiger partial charge in [-0.2, -0.15) is 11.8 Å². The van der Waals surface area contributed by atoms with Crippen LogP contribution in [-0.2, 0) is 6.54 Å². The predicted octanol–water partition coefficient (Wildman–Crippen LogP) is 2.29. The van der Waals surface area contributed by atoms with E-state index in [-0.39, 0.29) is 0 Å². The van der Waals surface area contributed by atoms with Gasteiger partial charge in [0.1, 0.15) is 11.5 Å². The number of methoxy groups -OCH3 is 1. The van der Waals surface area contributed by atoms with Crippen molar-refractivity contribution in [3.05, 3.63) is 23.8 Å². The molecule has 90 valence electrons. The maximum absolute atomic E-state index is 5.70. The summed E-state index contributed by atoms with van der Waals surface area (Å²) in [6, 6.07) is 5.74. The van der Waals surface area contributed by atoms with Crippen LogP contribution in [0, 0.1) is 0 Å². The standard InChI is InChI=1S/C12H19NO2S/c1-14-11-5-4-10(9-13)12(8-11)15-6-3-7-16-2/h4-5,8H,3,6-7,9,13H2,1-2H3. The monoisotopic (exact) mass is 241 g/mol. The summed E-state index contributed by atoms with van der Waals surface area (Å²) in [4.78, 5) is 0. The van der Waals surface area contributed by atoms with Crippen LogP contribution in [0.15, 0.2) is 18.2 Å². The lowest BCUT2D eigenvalue weighted by Gasteiger charge is -2.11. The fourth-order valence-corrected chi connectivity index (χ4v) is 1.76. The normalized spacial score (nSPS) is 10.2. The Kier molecular flexibility index (Phi) is 6.11. The maximum Gasteiger partial charge on any atom is 0.127 e. The van der Waals surface area contributed by atoms with Crippen LogP contribution in [0.4, 0.5) is 0 Å². The van der Waals surface area contributed by atoms with Crippen LogP contribution in [0.3, 0.4) is 0 Å². The van der Waals surface area contributed by atoms with Gasteiger partial charge in [0.15, 0.2) is 0 Å². The molecule has 0 aliphatic rings. The highest BCUT2D eigenvalue weighted by Crippen LogP contribution is 2.24. The third-order valence-electron chi connectivity index (χ3n) is 2.24. The molecule has 0 aliphatic carbocycles. The molecule has 1 aromatic carbocycles. The number of thioether (sulfide) groups is 1. The van der Waals surface area contributed by atoms with Gasteiger partial charge >= 0.3 is 0 Å². The highest BCUT2D eigenvalue weighted by atomic mass is 32.2. The lowest BCUT2D eigenvalue weighted by molar-refractivity contribution is 0.312. The molecule has 0 aliphatic heterocycles. The third kappa shape index (κ3) is 3.94. The van der Waals surface area contributed by atoms with Crippen LogP contribution in [0.25, 0.3) is 0 Å². The van der Waals surface area contributed by atoms with Gasteiger partial charge in [-0.05, 0) is 24.5 Å². The number of hydrogen-bond donors (Lipinski definition) is 1. The molecule has 0 fully saturated rings. The number of rotatable bonds is 7. The van der Waals surface area contributed by atoms with Crippen molar-refractivity contribution in [2.75, 3.05) is 25.7 Å². The number of nitrogens with two attached hydrogens (primary N) is 1. The molecule has 0 radical (unpaired) electrons. The molecule has 3 nitrogen and oxygen atoms in total. The second kappa shape index (κ2) is 7.41. The molecule has 0 amide bonds. The first-order chi connectivity index (χ1) is 7.81. The van der Waals surface area contributed by atoms with E-state index in [2.05, 4.69) is 6.26 Å². The first-order valence-electron chi connectivity index (χ1n) is 5.30. The van der Waals surface area contributed by atoms with E-state index in [1.165, 1.54) is 0 Å². The number of benzene rings is 1. The van der Waals surface area contributed by atoms with Gasteiger partial charge in [-0.1, -0.05) is 6.07 Å². The topological polar surface area (TPSA) is 44.5 Å². The summed E-state index contributed by atoms with van der Waals surface area (Å²) >= 11 is 1.82.